The van der Waals surface area contributed by atoms with Gasteiger partial charge in [0.25, 0.3) is 0 Å². The molecule has 1 aromatic carbocycles. The lowest BCUT2D eigenvalue weighted by atomic mass is 10.3. The van der Waals surface area contributed by atoms with Crippen molar-refractivity contribution in [2.45, 2.75) is 13.8 Å². The number of rotatable bonds is 5. The van der Waals surface area contributed by atoms with Gasteiger partial charge in [-0.2, -0.15) is 4.98 Å². The van der Waals surface area contributed by atoms with E-state index in [-0.39, 0.29) is 0 Å². The summed E-state index contributed by atoms with van der Waals surface area (Å²) in [4.78, 5) is 8.52. The third kappa shape index (κ3) is 3.58. The van der Waals surface area contributed by atoms with Gasteiger partial charge in [-0.15, -0.1) is 0 Å². The number of aromatic nitrogens is 2. The van der Waals surface area contributed by atoms with E-state index in [0.717, 1.165) is 18.1 Å². The van der Waals surface area contributed by atoms with Crippen molar-refractivity contribution in [3.8, 4) is 17.4 Å². The molecule has 0 atom stereocenters. The van der Waals surface area contributed by atoms with Gasteiger partial charge in [0.05, 0.1) is 7.11 Å². The number of methoxy groups -OCH3 is 1. The third-order valence-corrected chi connectivity index (χ3v) is 2.44. The Morgan fingerprint density at radius 1 is 1.16 bits per heavy atom. The van der Waals surface area contributed by atoms with Crippen LogP contribution in [0.15, 0.2) is 30.3 Å². The predicted octanol–water partition coefficient (Wildman–Crippen LogP) is 3.02. The Labute approximate surface area is 112 Å². The van der Waals surface area contributed by atoms with Crippen molar-refractivity contribution in [2.24, 2.45) is 0 Å². The Morgan fingerprint density at radius 2 is 1.95 bits per heavy atom. The number of nitrogens with zero attached hydrogens (tertiary/aromatic N) is 2. The van der Waals surface area contributed by atoms with E-state index in [4.69, 9.17) is 9.47 Å². The highest BCUT2D eigenvalue weighted by atomic mass is 16.5. The first-order valence-corrected chi connectivity index (χ1v) is 6.12. The van der Waals surface area contributed by atoms with E-state index in [9.17, 15) is 0 Å². The highest BCUT2D eigenvalue weighted by Gasteiger charge is 2.04. The SMILES string of the molecule is CCNc1cc(Oc2cccc(OC)c2)nc(C)n1. The summed E-state index contributed by atoms with van der Waals surface area (Å²) in [5.41, 5.74) is 0. The summed E-state index contributed by atoms with van der Waals surface area (Å²) in [6, 6.07) is 9.17. The Hall–Kier alpha value is -2.30. The monoisotopic (exact) mass is 259 g/mol. The van der Waals surface area contributed by atoms with Crippen molar-refractivity contribution >= 4 is 5.82 Å². The second kappa shape index (κ2) is 6.04. The topological polar surface area (TPSA) is 56.3 Å². The minimum absolute atomic E-state index is 0.511. The van der Waals surface area contributed by atoms with Gasteiger partial charge in [-0.25, -0.2) is 4.98 Å². The molecule has 2 aromatic rings. The van der Waals surface area contributed by atoms with Crippen LogP contribution in [0.25, 0.3) is 0 Å². The van der Waals surface area contributed by atoms with Gasteiger partial charge < -0.3 is 14.8 Å². The number of hydrogen-bond acceptors (Lipinski definition) is 5. The maximum atomic E-state index is 5.72. The lowest BCUT2D eigenvalue weighted by Crippen LogP contribution is -2.02. The van der Waals surface area contributed by atoms with Crippen molar-refractivity contribution in [2.75, 3.05) is 19.0 Å². The van der Waals surface area contributed by atoms with E-state index in [1.54, 1.807) is 13.2 Å². The first kappa shape index (κ1) is 13.1. The number of benzene rings is 1. The smallest absolute Gasteiger partial charge is 0.224 e. The quantitative estimate of drug-likeness (QED) is 0.894. The zero-order valence-corrected chi connectivity index (χ0v) is 11.3. The van der Waals surface area contributed by atoms with Gasteiger partial charge >= 0.3 is 0 Å². The number of hydrogen-bond donors (Lipinski definition) is 1. The lowest BCUT2D eigenvalue weighted by molar-refractivity contribution is 0.407. The molecule has 0 spiro atoms. The zero-order valence-electron chi connectivity index (χ0n) is 11.3. The summed E-state index contributed by atoms with van der Waals surface area (Å²) in [5.74, 6) is 3.36. The fourth-order valence-electron chi connectivity index (χ4n) is 1.65. The minimum atomic E-state index is 0.511. The van der Waals surface area contributed by atoms with Crippen LogP contribution < -0.4 is 14.8 Å². The Kier molecular flexibility index (Phi) is 4.18. The Balaban J connectivity index is 2.22. The van der Waals surface area contributed by atoms with Crippen LogP contribution >= 0.6 is 0 Å². The Morgan fingerprint density at radius 3 is 2.68 bits per heavy atom. The Bertz CT molecular complexity index is 558. The summed E-state index contributed by atoms with van der Waals surface area (Å²) >= 11 is 0. The molecule has 0 unspecified atom stereocenters. The van der Waals surface area contributed by atoms with Gasteiger partial charge in [0, 0.05) is 18.7 Å². The maximum Gasteiger partial charge on any atom is 0.224 e. The van der Waals surface area contributed by atoms with Crippen LogP contribution in [0.3, 0.4) is 0 Å². The van der Waals surface area contributed by atoms with E-state index in [0.29, 0.717) is 17.5 Å². The fourth-order valence-corrected chi connectivity index (χ4v) is 1.65. The number of nitrogens with one attached hydrogen (secondary N) is 1. The number of anilines is 1. The molecule has 1 heterocycles. The van der Waals surface area contributed by atoms with E-state index in [1.807, 2.05) is 38.1 Å². The standard InChI is InChI=1S/C14H17N3O2/c1-4-15-13-9-14(17-10(2)16-13)19-12-7-5-6-11(8-12)18-3/h5-9H,4H2,1-3H3,(H,15,16,17). The summed E-state index contributed by atoms with van der Waals surface area (Å²) in [6.45, 7) is 4.65. The molecule has 0 aliphatic carbocycles. The van der Waals surface area contributed by atoms with E-state index < -0.39 is 0 Å². The van der Waals surface area contributed by atoms with Gasteiger partial charge in [0.15, 0.2) is 0 Å². The molecular weight excluding hydrogens is 242 g/mol. The molecule has 1 N–H and O–H groups in total. The summed E-state index contributed by atoms with van der Waals surface area (Å²) < 4.78 is 10.9. The molecule has 5 heteroatoms. The van der Waals surface area contributed by atoms with Gasteiger partial charge in [0.2, 0.25) is 5.88 Å². The van der Waals surface area contributed by atoms with Crippen molar-refractivity contribution in [1.29, 1.82) is 0 Å². The fraction of sp³-hybridized carbons (Fsp3) is 0.286. The highest BCUT2D eigenvalue weighted by Crippen LogP contribution is 2.25. The molecule has 19 heavy (non-hydrogen) atoms. The molecule has 0 radical (unpaired) electrons. The van der Waals surface area contributed by atoms with Crippen molar-refractivity contribution in [1.82, 2.24) is 9.97 Å². The molecule has 0 aliphatic heterocycles. The molecule has 0 aliphatic rings. The highest BCUT2D eigenvalue weighted by molar-refractivity contribution is 5.41. The maximum absolute atomic E-state index is 5.72. The molecule has 1 aromatic heterocycles. The van der Waals surface area contributed by atoms with Crippen LogP contribution in [-0.2, 0) is 0 Å². The van der Waals surface area contributed by atoms with Gasteiger partial charge in [-0.3, -0.25) is 0 Å². The van der Waals surface area contributed by atoms with Crippen LogP contribution in [0.1, 0.15) is 12.7 Å². The van der Waals surface area contributed by atoms with Crippen LogP contribution in [0.5, 0.6) is 17.4 Å². The van der Waals surface area contributed by atoms with Crippen LogP contribution in [0, 0.1) is 6.92 Å². The summed E-state index contributed by atoms with van der Waals surface area (Å²) in [6.07, 6.45) is 0. The van der Waals surface area contributed by atoms with E-state index in [1.165, 1.54) is 0 Å². The van der Waals surface area contributed by atoms with Gasteiger partial charge in [-0.1, -0.05) is 6.07 Å². The van der Waals surface area contributed by atoms with Crippen molar-refractivity contribution in [3.05, 3.63) is 36.2 Å². The molecule has 2 rings (SSSR count). The molecule has 0 bridgehead atoms. The lowest BCUT2D eigenvalue weighted by Gasteiger charge is -2.09. The van der Waals surface area contributed by atoms with E-state index in [2.05, 4.69) is 15.3 Å². The molecule has 5 nitrogen and oxygen atoms in total. The van der Waals surface area contributed by atoms with Crippen LogP contribution in [0.2, 0.25) is 0 Å². The van der Waals surface area contributed by atoms with Gasteiger partial charge in [-0.05, 0) is 26.0 Å². The molecule has 0 saturated carbocycles. The van der Waals surface area contributed by atoms with E-state index >= 15 is 0 Å². The largest absolute Gasteiger partial charge is 0.497 e. The zero-order chi connectivity index (χ0) is 13.7. The summed E-state index contributed by atoms with van der Waals surface area (Å²) in [7, 11) is 1.62. The van der Waals surface area contributed by atoms with Crippen molar-refractivity contribution in [3.63, 3.8) is 0 Å². The molecular formula is C14H17N3O2. The van der Waals surface area contributed by atoms with Crippen molar-refractivity contribution < 1.29 is 9.47 Å². The van der Waals surface area contributed by atoms with Crippen LogP contribution in [0.4, 0.5) is 5.82 Å². The molecule has 0 saturated heterocycles. The number of aryl methyl sites for hydroxylation is 1. The molecule has 0 amide bonds. The first-order chi connectivity index (χ1) is 9.21. The molecule has 100 valence electrons. The minimum Gasteiger partial charge on any atom is -0.497 e. The third-order valence-electron chi connectivity index (χ3n) is 2.44. The number of ether oxygens (including phenoxy) is 2. The summed E-state index contributed by atoms with van der Waals surface area (Å²) in [5, 5.41) is 3.14. The molecule has 0 fully saturated rings. The van der Waals surface area contributed by atoms with Gasteiger partial charge in [0.1, 0.15) is 23.1 Å². The second-order valence-electron chi connectivity index (χ2n) is 3.95. The normalized spacial score (nSPS) is 10.1. The average molecular weight is 259 g/mol. The average Bonchev–Trinajstić information content (AvgIpc) is 2.38. The van der Waals surface area contributed by atoms with Crippen LogP contribution in [-0.4, -0.2) is 23.6 Å². The first-order valence-electron chi connectivity index (χ1n) is 6.12. The second-order valence-corrected chi connectivity index (χ2v) is 3.95. The predicted molar refractivity (Wildman–Crippen MR) is 74.0 cm³/mol.